The molecule has 1 aromatic heterocycles. The van der Waals surface area contributed by atoms with Crippen molar-refractivity contribution in [2.24, 2.45) is 0 Å². The number of aliphatic hydroxyl groups is 2. The molecule has 0 aliphatic carbocycles. The first-order valence-electron chi connectivity index (χ1n) is 5.10. The fourth-order valence-corrected chi connectivity index (χ4v) is 2.28. The molecule has 2 N–H and O–H groups in total. The lowest BCUT2D eigenvalue weighted by atomic mass is 10.0. The van der Waals surface area contributed by atoms with Gasteiger partial charge in [-0.25, -0.2) is 4.98 Å². The molecule has 0 fully saturated rings. The number of pyridine rings is 1. The van der Waals surface area contributed by atoms with Crippen LogP contribution in [0.2, 0.25) is 5.15 Å². The number of aliphatic hydroxyl groups excluding tert-OH is 2. The van der Waals surface area contributed by atoms with Gasteiger partial charge in [-0.1, -0.05) is 51.8 Å². The van der Waals surface area contributed by atoms with Gasteiger partial charge in [0.2, 0.25) is 0 Å². The van der Waals surface area contributed by atoms with E-state index >= 15 is 0 Å². The summed E-state index contributed by atoms with van der Waals surface area (Å²) < 4.78 is 0. The predicted octanol–water partition coefficient (Wildman–Crippen LogP) is 2.68. The highest BCUT2D eigenvalue weighted by molar-refractivity contribution is 9.09. The van der Waals surface area contributed by atoms with E-state index in [2.05, 4.69) is 20.9 Å². The topological polar surface area (TPSA) is 53.4 Å². The second kappa shape index (κ2) is 5.31. The van der Waals surface area contributed by atoms with Crippen molar-refractivity contribution < 1.29 is 10.2 Å². The summed E-state index contributed by atoms with van der Waals surface area (Å²) >= 11 is 9.12. The molecule has 1 aromatic carbocycles. The average Bonchev–Trinajstić information content (AvgIpc) is 2.38. The van der Waals surface area contributed by atoms with Crippen molar-refractivity contribution in [1.29, 1.82) is 0 Å². The zero-order valence-electron chi connectivity index (χ0n) is 8.85. The van der Waals surface area contributed by atoms with Crippen molar-refractivity contribution in [2.45, 2.75) is 12.2 Å². The average molecular weight is 317 g/mol. The van der Waals surface area contributed by atoms with E-state index in [4.69, 9.17) is 11.6 Å². The van der Waals surface area contributed by atoms with Crippen LogP contribution in [0.4, 0.5) is 0 Å². The molecule has 2 rings (SSSR count). The molecule has 0 saturated carbocycles. The monoisotopic (exact) mass is 315 g/mol. The lowest BCUT2D eigenvalue weighted by Gasteiger charge is -2.17. The first kappa shape index (κ1) is 12.8. The van der Waals surface area contributed by atoms with Crippen molar-refractivity contribution in [2.75, 3.05) is 5.33 Å². The van der Waals surface area contributed by atoms with Gasteiger partial charge in [0.1, 0.15) is 11.3 Å². The number of benzene rings is 1. The lowest BCUT2D eigenvalue weighted by Crippen LogP contribution is -2.19. The molecule has 17 heavy (non-hydrogen) atoms. The Morgan fingerprint density at radius 2 is 1.88 bits per heavy atom. The van der Waals surface area contributed by atoms with Crippen molar-refractivity contribution in [3.8, 4) is 0 Å². The van der Waals surface area contributed by atoms with Crippen LogP contribution in [0, 0.1) is 0 Å². The Hall–Kier alpha value is -0.680. The molecule has 0 amide bonds. The van der Waals surface area contributed by atoms with E-state index in [-0.39, 0.29) is 0 Å². The van der Waals surface area contributed by atoms with Crippen LogP contribution in [0.5, 0.6) is 0 Å². The van der Waals surface area contributed by atoms with E-state index in [1.807, 2.05) is 24.3 Å². The molecule has 1 heterocycles. The number of nitrogens with zero attached hydrogens (tertiary/aromatic N) is 1. The summed E-state index contributed by atoms with van der Waals surface area (Å²) in [5.41, 5.74) is 0.581. The van der Waals surface area contributed by atoms with Gasteiger partial charge in [-0.05, 0) is 5.39 Å². The Labute approximate surface area is 112 Å². The van der Waals surface area contributed by atoms with Crippen molar-refractivity contribution in [3.63, 3.8) is 0 Å². The minimum Gasteiger partial charge on any atom is -0.389 e. The Morgan fingerprint density at radius 1 is 1.24 bits per heavy atom. The number of rotatable bonds is 3. The quantitative estimate of drug-likeness (QED) is 0.676. The maximum atomic E-state index is 10.0. The Balaban J connectivity index is 2.59. The van der Waals surface area contributed by atoms with Gasteiger partial charge in [-0.2, -0.15) is 0 Å². The van der Waals surface area contributed by atoms with Crippen LogP contribution in [0.25, 0.3) is 10.8 Å². The predicted molar refractivity (Wildman–Crippen MR) is 71.5 cm³/mol. The van der Waals surface area contributed by atoms with Gasteiger partial charge in [0.15, 0.2) is 0 Å². The van der Waals surface area contributed by atoms with Gasteiger partial charge in [0, 0.05) is 22.5 Å². The minimum atomic E-state index is -0.982. The zero-order valence-corrected chi connectivity index (χ0v) is 11.2. The molecule has 2 aromatic rings. The molecule has 0 bridgehead atoms. The number of aromatic nitrogens is 1. The summed E-state index contributed by atoms with van der Waals surface area (Å²) in [7, 11) is 0. The highest BCUT2D eigenvalue weighted by atomic mass is 79.9. The fraction of sp³-hybridized carbons (Fsp3) is 0.250. The van der Waals surface area contributed by atoms with E-state index < -0.39 is 12.2 Å². The van der Waals surface area contributed by atoms with E-state index in [9.17, 15) is 10.2 Å². The SMILES string of the molecule is OC(CBr)C(O)c1cnc(Cl)c2ccccc12. The fourth-order valence-electron chi connectivity index (χ4n) is 1.71. The molecule has 90 valence electrons. The van der Waals surface area contributed by atoms with Crippen LogP contribution in [-0.2, 0) is 0 Å². The summed E-state index contributed by atoms with van der Waals surface area (Å²) in [6, 6.07) is 7.40. The minimum absolute atomic E-state index is 0.297. The molecule has 2 unspecified atom stereocenters. The van der Waals surface area contributed by atoms with Crippen LogP contribution >= 0.6 is 27.5 Å². The van der Waals surface area contributed by atoms with Gasteiger partial charge in [-0.3, -0.25) is 0 Å². The van der Waals surface area contributed by atoms with E-state index in [1.165, 1.54) is 6.20 Å². The standard InChI is InChI=1S/C12H11BrClNO2/c13-5-10(16)11(17)9-6-15-12(14)8-4-2-1-3-7(8)9/h1-4,6,10-11,16-17H,5H2. The second-order valence-corrected chi connectivity index (χ2v) is 4.72. The maximum absolute atomic E-state index is 10.0. The van der Waals surface area contributed by atoms with Gasteiger partial charge in [0.05, 0.1) is 6.10 Å². The highest BCUT2D eigenvalue weighted by Crippen LogP contribution is 2.29. The number of alkyl halides is 1. The zero-order chi connectivity index (χ0) is 12.4. The first-order chi connectivity index (χ1) is 8.15. The van der Waals surface area contributed by atoms with Crippen molar-refractivity contribution >= 4 is 38.3 Å². The van der Waals surface area contributed by atoms with Crippen LogP contribution in [-0.4, -0.2) is 26.6 Å². The third kappa shape index (κ3) is 2.45. The summed E-state index contributed by atoms with van der Waals surface area (Å²) in [5, 5.41) is 21.9. The number of fused-ring (bicyclic) bond motifs is 1. The molecule has 0 radical (unpaired) electrons. The second-order valence-electron chi connectivity index (χ2n) is 3.72. The Kier molecular flexibility index (Phi) is 3.99. The number of hydrogen-bond acceptors (Lipinski definition) is 3. The summed E-state index contributed by atoms with van der Waals surface area (Å²) in [5.74, 6) is 0. The van der Waals surface area contributed by atoms with Gasteiger partial charge in [0.25, 0.3) is 0 Å². The lowest BCUT2D eigenvalue weighted by molar-refractivity contribution is 0.0350. The van der Waals surface area contributed by atoms with Crippen LogP contribution in [0.15, 0.2) is 30.5 Å². The molecule has 2 atom stereocenters. The van der Waals surface area contributed by atoms with Crippen LogP contribution in [0.1, 0.15) is 11.7 Å². The summed E-state index contributed by atoms with van der Waals surface area (Å²) in [6.45, 7) is 0. The molecule has 0 spiro atoms. The number of hydrogen-bond donors (Lipinski definition) is 2. The Morgan fingerprint density at radius 3 is 2.53 bits per heavy atom. The largest absolute Gasteiger partial charge is 0.389 e. The van der Waals surface area contributed by atoms with E-state index in [1.54, 1.807) is 0 Å². The van der Waals surface area contributed by atoms with E-state index in [0.29, 0.717) is 16.0 Å². The van der Waals surface area contributed by atoms with Crippen LogP contribution < -0.4 is 0 Å². The summed E-state index contributed by atoms with van der Waals surface area (Å²) in [4.78, 5) is 4.02. The van der Waals surface area contributed by atoms with Gasteiger partial charge < -0.3 is 10.2 Å². The molecule has 0 aliphatic rings. The first-order valence-corrected chi connectivity index (χ1v) is 6.60. The number of halogens is 2. The van der Waals surface area contributed by atoms with Crippen LogP contribution in [0.3, 0.4) is 0 Å². The third-order valence-electron chi connectivity index (χ3n) is 2.62. The molecule has 0 saturated heterocycles. The molecular formula is C12H11BrClNO2. The van der Waals surface area contributed by atoms with Crippen molar-refractivity contribution in [1.82, 2.24) is 4.98 Å². The molecule has 5 heteroatoms. The maximum Gasteiger partial charge on any atom is 0.136 e. The molecule has 0 aliphatic heterocycles. The summed E-state index contributed by atoms with van der Waals surface area (Å²) in [6.07, 6.45) is -0.355. The smallest absolute Gasteiger partial charge is 0.136 e. The highest BCUT2D eigenvalue weighted by Gasteiger charge is 2.20. The third-order valence-corrected chi connectivity index (χ3v) is 3.58. The normalized spacial score (nSPS) is 14.8. The Bertz CT molecular complexity index is 535. The van der Waals surface area contributed by atoms with E-state index in [0.717, 1.165) is 10.8 Å². The molecular weight excluding hydrogens is 305 g/mol. The molecule has 3 nitrogen and oxygen atoms in total. The van der Waals surface area contributed by atoms with Gasteiger partial charge in [-0.15, -0.1) is 0 Å². The van der Waals surface area contributed by atoms with Gasteiger partial charge >= 0.3 is 0 Å². The van der Waals surface area contributed by atoms with Crippen molar-refractivity contribution in [3.05, 3.63) is 41.2 Å².